The van der Waals surface area contributed by atoms with Crippen molar-refractivity contribution in [2.75, 3.05) is 45.1 Å². The van der Waals surface area contributed by atoms with Gasteiger partial charge in [-0.15, -0.1) is 0 Å². The van der Waals surface area contributed by atoms with Crippen LogP contribution in [0.3, 0.4) is 0 Å². The molecule has 2 fully saturated rings. The first-order valence-electron chi connectivity index (χ1n) is 15.4. The Bertz CT molecular complexity index is 1650. The lowest BCUT2D eigenvalue weighted by molar-refractivity contribution is 0.0680. The van der Waals surface area contributed by atoms with Crippen LogP contribution in [-0.4, -0.2) is 85.0 Å². The van der Waals surface area contributed by atoms with Crippen molar-refractivity contribution in [2.45, 2.75) is 50.6 Å². The highest BCUT2D eigenvalue weighted by atomic mass is 16.3. The number of nitrogens with two attached hydrogens (primary N) is 1. The molecule has 4 heterocycles. The van der Waals surface area contributed by atoms with Gasteiger partial charge < -0.3 is 20.7 Å². The topological polar surface area (TPSA) is 112 Å². The third-order valence-corrected chi connectivity index (χ3v) is 9.27. The number of anilines is 1. The van der Waals surface area contributed by atoms with Gasteiger partial charge in [0.15, 0.2) is 5.65 Å². The van der Waals surface area contributed by atoms with Crippen molar-refractivity contribution >= 4 is 27.8 Å². The van der Waals surface area contributed by atoms with Crippen LogP contribution >= 0.6 is 0 Å². The van der Waals surface area contributed by atoms with Crippen LogP contribution in [0.25, 0.3) is 33.2 Å². The first-order valence-corrected chi connectivity index (χ1v) is 15.4. The molecule has 1 saturated heterocycles. The number of rotatable bonds is 8. The number of piperazine rings is 1. The van der Waals surface area contributed by atoms with Crippen molar-refractivity contribution in [2.24, 2.45) is 0 Å². The Labute approximate surface area is 246 Å². The molecule has 9 nitrogen and oxygen atoms in total. The molecule has 2 aromatic carbocycles. The third kappa shape index (κ3) is 5.40. The van der Waals surface area contributed by atoms with Crippen molar-refractivity contribution in [1.29, 1.82) is 0 Å². The summed E-state index contributed by atoms with van der Waals surface area (Å²) in [6.07, 6.45) is 7.78. The summed E-state index contributed by atoms with van der Waals surface area (Å²) < 4.78 is 2.13. The predicted octanol–water partition coefficient (Wildman–Crippen LogP) is 4.63. The molecule has 9 heteroatoms. The summed E-state index contributed by atoms with van der Waals surface area (Å²) in [5, 5.41) is 16.3. The molecule has 3 aromatic heterocycles. The maximum absolute atomic E-state index is 9.15. The quantitative estimate of drug-likeness (QED) is 0.252. The fraction of sp³-hybridized carbons (Fsp3) is 0.424. The van der Waals surface area contributed by atoms with E-state index in [1.807, 2.05) is 0 Å². The Hall–Kier alpha value is -3.79. The molecule has 0 amide bonds. The lowest BCUT2D eigenvalue weighted by Crippen LogP contribution is -2.51. The number of nitrogens with zero attached hydrogens (tertiary/aromatic N) is 6. The average Bonchev–Trinajstić information content (AvgIpc) is 3.62. The number of aliphatic hydroxyl groups is 1. The molecule has 5 aromatic rings. The highest BCUT2D eigenvalue weighted by molar-refractivity contribution is 6.00. The van der Waals surface area contributed by atoms with E-state index in [4.69, 9.17) is 15.9 Å². The molecule has 1 aliphatic heterocycles. The molecular formula is C33H40N8O. The molecule has 1 aliphatic carbocycles. The Balaban J connectivity index is 1.10. The van der Waals surface area contributed by atoms with Crippen LogP contribution in [0.2, 0.25) is 0 Å². The van der Waals surface area contributed by atoms with Gasteiger partial charge in [-0.1, -0.05) is 36.4 Å². The maximum atomic E-state index is 9.15. The Kier molecular flexibility index (Phi) is 7.63. The van der Waals surface area contributed by atoms with E-state index in [1.165, 1.54) is 11.3 Å². The molecule has 42 heavy (non-hydrogen) atoms. The van der Waals surface area contributed by atoms with E-state index in [9.17, 15) is 0 Å². The largest absolute Gasteiger partial charge is 0.396 e. The minimum Gasteiger partial charge on any atom is -0.396 e. The summed E-state index contributed by atoms with van der Waals surface area (Å²) >= 11 is 0. The van der Waals surface area contributed by atoms with Crippen molar-refractivity contribution < 1.29 is 5.11 Å². The van der Waals surface area contributed by atoms with Crippen LogP contribution in [0.4, 0.5) is 5.82 Å². The Morgan fingerprint density at radius 3 is 2.48 bits per heavy atom. The third-order valence-electron chi connectivity index (χ3n) is 9.27. The second-order valence-corrected chi connectivity index (χ2v) is 11.9. The number of nitrogens with one attached hydrogen (secondary N) is 1. The van der Waals surface area contributed by atoms with Gasteiger partial charge >= 0.3 is 0 Å². The van der Waals surface area contributed by atoms with Gasteiger partial charge in [0.2, 0.25) is 0 Å². The molecule has 7 rings (SSSR count). The zero-order valence-electron chi connectivity index (χ0n) is 24.1. The number of aromatic amines is 1. The average molecular weight is 565 g/mol. The highest BCUT2D eigenvalue weighted by Gasteiger charge is 2.31. The van der Waals surface area contributed by atoms with Gasteiger partial charge in [0.1, 0.15) is 17.8 Å². The first-order chi connectivity index (χ1) is 20.7. The molecule has 1 saturated carbocycles. The SMILES string of the molecule is Nc1ncnc2c1c(-c1ccc3[nH]c(Cc4ccccc4)cc3c1)nn2C1CCC(N2CCN(CCCO)CC2)CC1. The summed E-state index contributed by atoms with van der Waals surface area (Å²) in [7, 11) is 0. The number of fused-ring (bicyclic) bond motifs is 2. The van der Waals surface area contributed by atoms with Gasteiger partial charge in [0.05, 0.1) is 11.4 Å². The number of nitrogen functional groups attached to an aromatic ring is 1. The zero-order chi connectivity index (χ0) is 28.5. The number of H-pyrrole nitrogens is 1. The molecule has 0 radical (unpaired) electrons. The van der Waals surface area contributed by atoms with Crippen LogP contribution in [0.5, 0.6) is 0 Å². The molecule has 0 spiro atoms. The van der Waals surface area contributed by atoms with E-state index in [2.05, 4.69) is 84.0 Å². The summed E-state index contributed by atoms with van der Waals surface area (Å²) in [6.45, 7) is 5.72. The smallest absolute Gasteiger partial charge is 0.164 e. The fourth-order valence-corrected chi connectivity index (χ4v) is 7.02. The van der Waals surface area contributed by atoms with Gasteiger partial charge in [0.25, 0.3) is 0 Å². The zero-order valence-corrected chi connectivity index (χ0v) is 24.1. The molecule has 218 valence electrons. The highest BCUT2D eigenvalue weighted by Crippen LogP contribution is 2.38. The summed E-state index contributed by atoms with van der Waals surface area (Å²) in [5.41, 5.74) is 12.8. The predicted molar refractivity (Wildman–Crippen MR) is 167 cm³/mol. The molecule has 4 N–H and O–H groups in total. The van der Waals surface area contributed by atoms with Gasteiger partial charge in [-0.2, -0.15) is 5.10 Å². The second kappa shape index (κ2) is 11.8. The number of benzene rings is 2. The van der Waals surface area contributed by atoms with E-state index in [0.717, 1.165) is 104 Å². The van der Waals surface area contributed by atoms with Crippen LogP contribution in [0, 0.1) is 0 Å². The number of aromatic nitrogens is 5. The molecule has 2 aliphatic rings. The van der Waals surface area contributed by atoms with Gasteiger partial charge in [-0.3, -0.25) is 4.90 Å². The van der Waals surface area contributed by atoms with E-state index in [-0.39, 0.29) is 6.61 Å². The van der Waals surface area contributed by atoms with Crippen LogP contribution < -0.4 is 5.73 Å². The number of hydrogen-bond acceptors (Lipinski definition) is 7. The fourth-order valence-electron chi connectivity index (χ4n) is 7.02. The summed E-state index contributed by atoms with van der Waals surface area (Å²) in [5.74, 6) is 0.480. The van der Waals surface area contributed by atoms with Crippen molar-refractivity contribution in [3.05, 3.63) is 72.2 Å². The van der Waals surface area contributed by atoms with Crippen LogP contribution in [0.1, 0.15) is 49.4 Å². The Morgan fingerprint density at radius 1 is 0.905 bits per heavy atom. The monoisotopic (exact) mass is 564 g/mol. The second-order valence-electron chi connectivity index (χ2n) is 11.9. The van der Waals surface area contributed by atoms with Crippen LogP contribution in [-0.2, 0) is 6.42 Å². The van der Waals surface area contributed by atoms with Crippen LogP contribution in [0.15, 0.2) is 60.9 Å². The molecule has 0 unspecified atom stereocenters. The standard InChI is InChI=1S/C33H40N8O/c34-32-30-31(24-7-12-29-25(20-24)21-26(37-29)19-23-5-2-1-3-6-23)38-41(33(30)36-22-35-32)28-10-8-27(9-11-28)40-16-14-39(15-17-40)13-4-18-42/h1-3,5-7,12,20-22,27-28,37,42H,4,8-11,13-19H2,(H2,34,35,36). The van der Waals surface area contributed by atoms with Gasteiger partial charge in [0, 0.05) is 74.0 Å². The number of hydrogen-bond donors (Lipinski definition) is 3. The first kappa shape index (κ1) is 27.1. The lowest BCUT2D eigenvalue weighted by Gasteiger charge is -2.42. The van der Waals surface area contributed by atoms with E-state index < -0.39 is 0 Å². The number of aliphatic hydroxyl groups excluding tert-OH is 1. The normalized spacial score (nSPS) is 20.5. The van der Waals surface area contributed by atoms with Gasteiger partial charge in [-0.05, 0) is 55.9 Å². The van der Waals surface area contributed by atoms with Crippen molar-refractivity contribution in [3.63, 3.8) is 0 Å². The minimum absolute atomic E-state index is 0.279. The van der Waals surface area contributed by atoms with Crippen molar-refractivity contribution in [3.8, 4) is 11.3 Å². The summed E-state index contributed by atoms with van der Waals surface area (Å²) in [6, 6.07) is 20.2. The van der Waals surface area contributed by atoms with Crippen molar-refractivity contribution in [1.82, 2.24) is 34.5 Å². The molecule has 0 atom stereocenters. The molecular weight excluding hydrogens is 524 g/mol. The van der Waals surface area contributed by atoms with E-state index in [0.29, 0.717) is 17.9 Å². The summed E-state index contributed by atoms with van der Waals surface area (Å²) in [4.78, 5) is 17.8. The molecule has 0 bridgehead atoms. The van der Waals surface area contributed by atoms with E-state index >= 15 is 0 Å². The van der Waals surface area contributed by atoms with E-state index in [1.54, 1.807) is 6.33 Å². The Morgan fingerprint density at radius 2 is 1.69 bits per heavy atom. The lowest BCUT2D eigenvalue weighted by atomic mass is 9.90. The minimum atomic E-state index is 0.279. The maximum Gasteiger partial charge on any atom is 0.164 e. The van der Waals surface area contributed by atoms with Gasteiger partial charge in [-0.25, -0.2) is 14.6 Å².